The average Bonchev–Trinajstić information content (AvgIpc) is 3.20. The maximum absolute atomic E-state index is 12.4. The molecule has 1 unspecified atom stereocenters. The molecule has 21 heavy (non-hydrogen) atoms. The van der Waals surface area contributed by atoms with Crippen LogP contribution in [0.15, 0.2) is 24.3 Å². The molecule has 3 aliphatic rings. The van der Waals surface area contributed by atoms with Crippen molar-refractivity contribution in [3.8, 4) is 5.75 Å². The lowest BCUT2D eigenvalue weighted by molar-refractivity contribution is -0.124. The van der Waals surface area contributed by atoms with E-state index in [1.54, 1.807) is 0 Å². The fourth-order valence-electron chi connectivity index (χ4n) is 4.03. The molecular weight excluding hydrogens is 266 g/mol. The highest BCUT2D eigenvalue weighted by molar-refractivity contribution is 5.84. The highest BCUT2D eigenvalue weighted by Crippen LogP contribution is 2.37. The number of amides is 1. The van der Waals surface area contributed by atoms with Gasteiger partial charge >= 0.3 is 0 Å². The fourth-order valence-corrected chi connectivity index (χ4v) is 4.03. The number of rotatable bonds is 3. The second kappa shape index (κ2) is 5.31. The predicted octanol–water partition coefficient (Wildman–Crippen LogP) is 1.13. The van der Waals surface area contributed by atoms with Gasteiger partial charge in [-0.25, -0.2) is 0 Å². The summed E-state index contributed by atoms with van der Waals surface area (Å²) in [5, 5.41) is 6.63. The Labute approximate surface area is 124 Å². The van der Waals surface area contributed by atoms with Gasteiger partial charge < -0.3 is 15.5 Å². The molecule has 0 bridgehead atoms. The van der Waals surface area contributed by atoms with E-state index in [1.165, 1.54) is 19.3 Å². The second-order valence-electron chi connectivity index (χ2n) is 6.31. The number of fused-ring (bicyclic) bond motifs is 2. The van der Waals surface area contributed by atoms with Crippen LogP contribution in [0.4, 0.5) is 0 Å². The van der Waals surface area contributed by atoms with Gasteiger partial charge in [0.05, 0.1) is 0 Å². The average molecular weight is 287 g/mol. The lowest BCUT2D eigenvalue weighted by Gasteiger charge is -2.19. The Balaban J connectivity index is 1.37. The van der Waals surface area contributed by atoms with Gasteiger partial charge in [0, 0.05) is 18.2 Å². The molecule has 112 valence electrons. The minimum atomic E-state index is -0.401. The third kappa shape index (κ3) is 2.30. The van der Waals surface area contributed by atoms with E-state index in [0.717, 1.165) is 29.7 Å². The molecule has 0 radical (unpaired) electrons. The van der Waals surface area contributed by atoms with E-state index >= 15 is 0 Å². The van der Waals surface area contributed by atoms with Crippen LogP contribution >= 0.6 is 0 Å². The van der Waals surface area contributed by atoms with Crippen LogP contribution in [-0.4, -0.2) is 25.0 Å². The van der Waals surface area contributed by atoms with E-state index in [0.29, 0.717) is 12.6 Å². The van der Waals surface area contributed by atoms with Gasteiger partial charge in [0.1, 0.15) is 6.04 Å². The zero-order chi connectivity index (χ0) is 14.2. The van der Waals surface area contributed by atoms with Crippen LogP contribution in [0, 0.1) is 11.8 Å². The van der Waals surface area contributed by atoms with Gasteiger partial charge in [-0.2, -0.15) is 0 Å². The molecule has 1 aromatic carbocycles. The molecule has 2 fully saturated rings. The molecule has 0 spiro atoms. The van der Waals surface area contributed by atoms with Crippen LogP contribution in [0.25, 0.3) is 0 Å². The lowest BCUT2D eigenvalue weighted by Crippen LogP contribution is -2.43. The molecule has 2 aliphatic heterocycles. The van der Waals surface area contributed by atoms with Gasteiger partial charge in [0.25, 0.3) is 0 Å². The van der Waals surface area contributed by atoms with Gasteiger partial charge in [-0.15, -0.1) is 5.48 Å². The summed E-state index contributed by atoms with van der Waals surface area (Å²) in [4.78, 5) is 17.7. The van der Waals surface area contributed by atoms with E-state index in [9.17, 15) is 4.79 Å². The summed E-state index contributed by atoms with van der Waals surface area (Å²) in [6.45, 7) is 1.82. The predicted molar refractivity (Wildman–Crippen MR) is 78.6 cm³/mol. The summed E-state index contributed by atoms with van der Waals surface area (Å²) in [5.41, 5.74) is 3.72. The largest absolute Gasteiger partial charge is 0.407 e. The van der Waals surface area contributed by atoms with Crippen molar-refractivity contribution in [3.63, 3.8) is 0 Å². The molecule has 5 nitrogen and oxygen atoms in total. The number of benzene rings is 1. The standard InChI is InChI=1S/C16H21N3O2/c20-16(15-12-5-1-2-7-14(12)21-19-15)18-9-13-11-6-3-4-10(11)8-17-13/h1-2,5,7,10-11,13,15,17,19H,3-4,6,8-9H2,(H,18,20)/t10-,11-,13+,15?/m0/s1. The number of carbonyl (C=O) groups excluding carboxylic acids is 1. The zero-order valence-corrected chi connectivity index (χ0v) is 12.0. The number of hydrogen-bond acceptors (Lipinski definition) is 4. The lowest BCUT2D eigenvalue weighted by atomic mass is 9.94. The molecule has 4 atom stereocenters. The number of para-hydroxylation sites is 1. The van der Waals surface area contributed by atoms with Crippen molar-refractivity contribution in [1.29, 1.82) is 0 Å². The molecule has 1 saturated carbocycles. The summed E-state index contributed by atoms with van der Waals surface area (Å²) in [5.74, 6) is 2.29. The normalized spacial score (nSPS) is 33.3. The number of nitrogens with one attached hydrogen (secondary N) is 3. The highest BCUT2D eigenvalue weighted by atomic mass is 16.7. The maximum atomic E-state index is 12.4. The van der Waals surface area contributed by atoms with Crippen molar-refractivity contribution >= 4 is 5.91 Å². The van der Waals surface area contributed by atoms with Crippen molar-refractivity contribution < 1.29 is 9.63 Å². The topological polar surface area (TPSA) is 62.4 Å². The SMILES string of the molecule is O=C(NC[C@H]1NC[C@@H]2CCC[C@@H]21)C1NOc2ccccc21. The van der Waals surface area contributed by atoms with E-state index in [2.05, 4.69) is 16.1 Å². The molecule has 1 saturated heterocycles. The van der Waals surface area contributed by atoms with Crippen LogP contribution in [-0.2, 0) is 4.79 Å². The number of hydroxylamine groups is 1. The van der Waals surface area contributed by atoms with E-state index < -0.39 is 6.04 Å². The van der Waals surface area contributed by atoms with E-state index in [-0.39, 0.29) is 5.91 Å². The number of carbonyl (C=O) groups is 1. The first-order valence-corrected chi connectivity index (χ1v) is 7.85. The van der Waals surface area contributed by atoms with Crippen molar-refractivity contribution in [3.05, 3.63) is 29.8 Å². The first-order chi connectivity index (χ1) is 10.3. The minimum Gasteiger partial charge on any atom is -0.407 e. The van der Waals surface area contributed by atoms with Gasteiger partial charge in [0.2, 0.25) is 5.91 Å². The second-order valence-corrected chi connectivity index (χ2v) is 6.31. The summed E-state index contributed by atoms with van der Waals surface area (Å²) in [6.07, 6.45) is 3.98. The van der Waals surface area contributed by atoms with Crippen molar-refractivity contribution in [2.45, 2.75) is 31.3 Å². The van der Waals surface area contributed by atoms with Crippen LogP contribution in [0.5, 0.6) is 5.75 Å². The minimum absolute atomic E-state index is 0.0109. The van der Waals surface area contributed by atoms with Gasteiger partial charge in [-0.1, -0.05) is 24.6 Å². The van der Waals surface area contributed by atoms with E-state index in [4.69, 9.17) is 4.84 Å². The summed E-state index contributed by atoms with van der Waals surface area (Å²) in [7, 11) is 0. The molecular formula is C16H21N3O2. The van der Waals surface area contributed by atoms with Gasteiger partial charge in [-0.3, -0.25) is 4.79 Å². The Morgan fingerprint density at radius 3 is 3.19 bits per heavy atom. The molecule has 1 amide bonds. The quantitative estimate of drug-likeness (QED) is 0.780. The molecule has 3 N–H and O–H groups in total. The monoisotopic (exact) mass is 287 g/mol. The Hall–Kier alpha value is -1.59. The smallest absolute Gasteiger partial charge is 0.245 e. The van der Waals surface area contributed by atoms with Gasteiger partial charge in [0.15, 0.2) is 5.75 Å². The molecule has 1 aliphatic carbocycles. The molecule has 0 aromatic heterocycles. The third-order valence-electron chi connectivity index (χ3n) is 5.15. The van der Waals surface area contributed by atoms with Crippen LogP contribution in [0.2, 0.25) is 0 Å². The maximum Gasteiger partial charge on any atom is 0.245 e. The third-order valence-corrected chi connectivity index (χ3v) is 5.15. The zero-order valence-electron chi connectivity index (χ0n) is 12.0. The highest BCUT2D eigenvalue weighted by Gasteiger charge is 2.39. The van der Waals surface area contributed by atoms with Crippen LogP contribution < -0.4 is 21.0 Å². The summed E-state index contributed by atoms with van der Waals surface area (Å²) in [6, 6.07) is 7.67. The molecule has 5 heteroatoms. The van der Waals surface area contributed by atoms with Crippen molar-refractivity contribution in [2.75, 3.05) is 13.1 Å². The molecule has 2 heterocycles. The van der Waals surface area contributed by atoms with Crippen LogP contribution in [0.3, 0.4) is 0 Å². The van der Waals surface area contributed by atoms with Crippen molar-refractivity contribution in [2.24, 2.45) is 11.8 Å². The molecule has 1 aromatic rings. The summed E-state index contributed by atoms with van der Waals surface area (Å²) >= 11 is 0. The molecule has 4 rings (SSSR count). The van der Waals surface area contributed by atoms with Crippen molar-refractivity contribution in [1.82, 2.24) is 16.1 Å². The van der Waals surface area contributed by atoms with Crippen LogP contribution in [0.1, 0.15) is 30.9 Å². The Bertz CT molecular complexity index is 548. The van der Waals surface area contributed by atoms with E-state index in [1.807, 2.05) is 24.3 Å². The fraction of sp³-hybridized carbons (Fsp3) is 0.562. The number of hydrogen-bond donors (Lipinski definition) is 3. The first-order valence-electron chi connectivity index (χ1n) is 7.85. The first kappa shape index (κ1) is 13.1. The summed E-state index contributed by atoms with van der Waals surface area (Å²) < 4.78 is 0. The Kier molecular flexibility index (Phi) is 3.31. The Morgan fingerprint density at radius 2 is 2.24 bits per heavy atom. The Morgan fingerprint density at radius 1 is 1.33 bits per heavy atom. The van der Waals surface area contributed by atoms with Gasteiger partial charge in [-0.05, 0) is 37.3 Å².